The molecule has 0 spiro atoms. The molecule has 0 radical (unpaired) electrons. The van der Waals surface area contributed by atoms with Crippen molar-refractivity contribution in [3.05, 3.63) is 40.6 Å². The molecule has 0 bridgehead atoms. The van der Waals surface area contributed by atoms with Gasteiger partial charge in [-0.25, -0.2) is 13.6 Å². The number of hydrogen-bond acceptors (Lipinski definition) is 5. The van der Waals surface area contributed by atoms with Gasteiger partial charge in [0.1, 0.15) is 18.3 Å². The normalized spacial score (nSPS) is 27.7. The Morgan fingerprint density at radius 1 is 1.28 bits per heavy atom. The molecule has 4 rings (SSSR count). The zero-order chi connectivity index (χ0) is 23.2. The van der Waals surface area contributed by atoms with Crippen molar-refractivity contribution in [2.45, 2.75) is 39.2 Å². The number of carbonyl (C=O) groups is 2. The van der Waals surface area contributed by atoms with Gasteiger partial charge in [0.15, 0.2) is 0 Å². The topological polar surface area (TPSA) is 99.2 Å². The summed E-state index contributed by atoms with van der Waals surface area (Å²) < 4.78 is 27.8. The number of anilines is 1. The van der Waals surface area contributed by atoms with E-state index in [1.165, 1.54) is 4.90 Å². The van der Waals surface area contributed by atoms with Gasteiger partial charge in [0, 0.05) is 36.6 Å². The Labute approximate surface area is 185 Å². The lowest BCUT2D eigenvalue weighted by molar-refractivity contribution is -0.136. The second-order valence-electron chi connectivity index (χ2n) is 8.86. The van der Waals surface area contributed by atoms with Gasteiger partial charge in [0.2, 0.25) is 5.91 Å². The van der Waals surface area contributed by atoms with Crippen molar-refractivity contribution >= 4 is 23.3 Å². The van der Waals surface area contributed by atoms with Gasteiger partial charge in [-0.2, -0.15) is 0 Å². The SMILES string of the molecule is Cc1cccc(N2CCN(C(=O)CN=C3C[C@H]4C[C@H]4C3=C(N)C(=O)O)C(C(F)F)C2)c1C. The van der Waals surface area contributed by atoms with Gasteiger partial charge >= 0.3 is 5.97 Å². The zero-order valence-electron chi connectivity index (χ0n) is 18.2. The van der Waals surface area contributed by atoms with Crippen LogP contribution in [0.15, 0.2) is 34.5 Å². The number of alkyl halides is 2. The molecule has 1 aromatic carbocycles. The molecule has 1 saturated heterocycles. The highest BCUT2D eigenvalue weighted by Crippen LogP contribution is 2.54. The van der Waals surface area contributed by atoms with Crippen molar-refractivity contribution < 1.29 is 23.5 Å². The molecule has 3 fully saturated rings. The van der Waals surface area contributed by atoms with Crippen molar-refractivity contribution in [1.82, 2.24) is 4.90 Å². The number of carboxylic acid groups (broad SMARTS) is 1. The first-order chi connectivity index (χ1) is 15.2. The number of hydrogen-bond donors (Lipinski definition) is 2. The van der Waals surface area contributed by atoms with E-state index >= 15 is 0 Å². The molecule has 1 amide bonds. The molecular formula is C23H28F2N4O3. The number of amides is 1. The van der Waals surface area contributed by atoms with E-state index < -0.39 is 24.3 Å². The summed E-state index contributed by atoms with van der Waals surface area (Å²) in [6.45, 7) is 4.35. The first-order valence-corrected chi connectivity index (χ1v) is 10.8. The molecule has 0 aromatic heterocycles. The predicted octanol–water partition coefficient (Wildman–Crippen LogP) is 2.36. The number of rotatable bonds is 5. The number of nitrogens with zero attached hydrogens (tertiary/aromatic N) is 3. The number of nitrogens with two attached hydrogens (primary N) is 1. The zero-order valence-corrected chi connectivity index (χ0v) is 18.2. The fourth-order valence-electron chi connectivity index (χ4n) is 4.91. The molecule has 1 unspecified atom stereocenters. The van der Waals surface area contributed by atoms with Crippen LogP contribution in [0.4, 0.5) is 14.5 Å². The summed E-state index contributed by atoms with van der Waals surface area (Å²) >= 11 is 0. The molecule has 1 aromatic rings. The average molecular weight is 446 g/mol. The Morgan fingerprint density at radius 3 is 2.72 bits per heavy atom. The highest BCUT2D eigenvalue weighted by Gasteiger charge is 2.50. The van der Waals surface area contributed by atoms with E-state index in [4.69, 9.17) is 5.73 Å². The first kappa shape index (κ1) is 22.2. The quantitative estimate of drug-likeness (QED) is 0.677. The largest absolute Gasteiger partial charge is 0.477 e. The fourth-order valence-corrected chi connectivity index (χ4v) is 4.91. The highest BCUT2D eigenvalue weighted by atomic mass is 19.3. The molecular weight excluding hydrogens is 418 g/mol. The summed E-state index contributed by atoms with van der Waals surface area (Å²) in [7, 11) is 0. The van der Waals surface area contributed by atoms with E-state index in [2.05, 4.69) is 4.99 Å². The summed E-state index contributed by atoms with van der Waals surface area (Å²) in [6.07, 6.45) is -1.22. The van der Waals surface area contributed by atoms with Crippen molar-refractivity contribution in [1.29, 1.82) is 0 Å². The number of carbonyl (C=O) groups excluding carboxylic acids is 1. The molecule has 2 aliphatic carbocycles. The van der Waals surface area contributed by atoms with Crippen molar-refractivity contribution in [3.8, 4) is 0 Å². The van der Waals surface area contributed by atoms with Crippen LogP contribution in [0.1, 0.15) is 24.0 Å². The summed E-state index contributed by atoms with van der Waals surface area (Å²) in [4.78, 5) is 31.6. The van der Waals surface area contributed by atoms with Gasteiger partial charge < -0.3 is 20.6 Å². The van der Waals surface area contributed by atoms with Crippen molar-refractivity contribution in [3.63, 3.8) is 0 Å². The molecule has 1 aliphatic heterocycles. The third-order valence-electron chi connectivity index (χ3n) is 6.93. The maximum absolute atomic E-state index is 13.9. The van der Waals surface area contributed by atoms with Crippen LogP contribution in [0.25, 0.3) is 0 Å². The van der Waals surface area contributed by atoms with Crippen LogP contribution in [0.5, 0.6) is 0 Å². The summed E-state index contributed by atoms with van der Waals surface area (Å²) in [6, 6.07) is 4.57. The van der Waals surface area contributed by atoms with Gasteiger partial charge in [-0.1, -0.05) is 12.1 Å². The lowest BCUT2D eigenvalue weighted by Crippen LogP contribution is -2.58. The molecule has 172 valence electrons. The summed E-state index contributed by atoms with van der Waals surface area (Å²) in [5.74, 6) is -1.26. The molecule has 3 N–H and O–H groups in total. The number of fused-ring (bicyclic) bond motifs is 1. The Kier molecular flexibility index (Phi) is 5.92. The molecule has 32 heavy (non-hydrogen) atoms. The number of allylic oxidation sites excluding steroid dienone is 1. The smallest absolute Gasteiger partial charge is 0.352 e. The number of benzene rings is 1. The number of carboxylic acids is 1. The molecule has 1 heterocycles. The van der Waals surface area contributed by atoms with Crippen LogP contribution in [0, 0.1) is 25.7 Å². The van der Waals surface area contributed by atoms with E-state index in [1.54, 1.807) is 0 Å². The minimum atomic E-state index is -2.68. The van der Waals surface area contributed by atoms with E-state index in [0.29, 0.717) is 30.2 Å². The number of halogens is 2. The molecule has 2 saturated carbocycles. The van der Waals surface area contributed by atoms with Gasteiger partial charge in [-0.05, 0) is 55.7 Å². The fraction of sp³-hybridized carbons (Fsp3) is 0.522. The molecule has 7 nitrogen and oxygen atoms in total. The van der Waals surface area contributed by atoms with Gasteiger partial charge in [-0.3, -0.25) is 9.79 Å². The van der Waals surface area contributed by atoms with E-state index in [0.717, 1.165) is 23.2 Å². The van der Waals surface area contributed by atoms with Gasteiger partial charge in [-0.15, -0.1) is 0 Å². The Morgan fingerprint density at radius 2 is 2.03 bits per heavy atom. The number of piperazine rings is 1. The second kappa shape index (κ2) is 8.52. The average Bonchev–Trinajstić information content (AvgIpc) is 3.43. The standard InChI is InChI=1S/C23H28F2N4O3/c1-12-4-3-5-17(13(12)2)28-6-7-29(18(11-28)22(24)25)19(30)10-27-16-9-14-8-15(14)20(16)21(26)23(31)32/h3-5,14-15,18,22H,6-11,26H2,1-2H3,(H,31,32)/t14-,15-,18?/m1/s1. The molecule has 3 aliphatic rings. The minimum Gasteiger partial charge on any atom is -0.477 e. The third kappa shape index (κ3) is 4.08. The lowest BCUT2D eigenvalue weighted by Gasteiger charge is -2.42. The number of aryl methyl sites for hydroxylation is 1. The summed E-state index contributed by atoms with van der Waals surface area (Å²) in [5.41, 5.74) is 9.59. The van der Waals surface area contributed by atoms with E-state index in [1.807, 2.05) is 36.9 Å². The Bertz CT molecular complexity index is 1010. The minimum absolute atomic E-state index is 0.0472. The van der Waals surface area contributed by atoms with Gasteiger partial charge in [0.25, 0.3) is 6.43 Å². The number of aliphatic imine (C=N–C) groups is 1. The van der Waals surface area contributed by atoms with E-state index in [-0.39, 0.29) is 31.2 Å². The second-order valence-corrected chi connectivity index (χ2v) is 8.86. The van der Waals surface area contributed by atoms with Crippen LogP contribution in [0.2, 0.25) is 0 Å². The van der Waals surface area contributed by atoms with Crippen molar-refractivity contribution in [2.75, 3.05) is 31.1 Å². The number of aliphatic carboxylic acids is 1. The predicted molar refractivity (Wildman–Crippen MR) is 117 cm³/mol. The van der Waals surface area contributed by atoms with Crippen LogP contribution >= 0.6 is 0 Å². The Hall–Kier alpha value is -2.97. The van der Waals surface area contributed by atoms with Gasteiger partial charge in [0.05, 0.1) is 0 Å². The Balaban J connectivity index is 1.48. The maximum atomic E-state index is 13.9. The van der Waals surface area contributed by atoms with Crippen molar-refractivity contribution in [2.24, 2.45) is 22.6 Å². The summed E-state index contributed by atoms with van der Waals surface area (Å²) in [5, 5.41) is 9.23. The third-order valence-corrected chi connectivity index (χ3v) is 6.93. The van der Waals surface area contributed by atoms with Crippen LogP contribution in [0.3, 0.4) is 0 Å². The first-order valence-electron chi connectivity index (χ1n) is 10.8. The monoisotopic (exact) mass is 446 g/mol. The highest BCUT2D eigenvalue weighted by molar-refractivity contribution is 6.09. The van der Waals surface area contributed by atoms with E-state index in [9.17, 15) is 23.5 Å². The van der Waals surface area contributed by atoms with Crippen LogP contribution in [-0.2, 0) is 9.59 Å². The lowest BCUT2D eigenvalue weighted by atomic mass is 10.0. The van der Waals surface area contributed by atoms with Crippen LogP contribution in [-0.4, -0.2) is 66.2 Å². The molecule has 3 atom stereocenters. The van der Waals surface area contributed by atoms with Crippen LogP contribution < -0.4 is 10.6 Å². The molecule has 9 heteroatoms. The maximum Gasteiger partial charge on any atom is 0.352 e.